The molecule has 1 aromatic heterocycles. The van der Waals surface area contributed by atoms with Crippen LogP contribution in [0.1, 0.15) is 40.9 Å². The first-order valence-corrected chi connectivity index (χ1v) is 10.6. The maximum absolute atomic E-state index is 11.8. The van der Waals surface area contributed by atoms with Gasteiger partial charge < -0.3 is 9.84 Å². The summed E-state index contributed by atoms with van der Waals surface area (Å²) in [5, 5.41) is 22.1. The number of rotatable bonds is 5. The van der Waals surface area contributed by atoms with Crippen molar-refractivity contribution in [1.29, 1.82) is 0 Å². The molecule has 0 saturated carbocycles. The van der Waals surface area contributed by atoms with Gasteiger partial charge in [0.2, 0.25) is 0 Å². The molecule has 0 spiro atoms. The van der Waals surface area contributed by atoms with Crippen LogP contribution in [0.25, 0.3) is 11.1 Å². The first-order valence-electron chi connectivity index (χ1n) is 10.6. The summed E-state index contributed by atoms with van der Waals surface area (Å²) in [6.45, 7) is 4.11. The summed E-state index contributed by atoms with van der Waals surface area (Å²) >= 11 is 0. The third kappa shape index (κ3) is 4.84. The van der Waals surface area contributed by atoms with Crippen molar-refractivity contribution in [2.45, 2.75) is 38.9 Å². The van der Waals surface area contributed by atoms with Gasteiger partial charge in [0.15, 0.2) is 5.82 Å². The topological polar surface area (TPSA) is 90.1 Å². The van der Waals surface area contributed by atoms with E-state index in [-0.39, 0.29) is 6.42 Å². The number of aromatic nitrogens is 4. The lowest BCUT2D eigenvalue weighted by molar-refractivity contribution is -0.156. The molecule has 2 aromatic carbocycles. The highest BCUT2D eigenvalue weighted by Crippen LogP contribution is 2.33. The predicted molar refractivity (Wildman–Crippen MR) is 121 cm³/mol. The van der Waals surface area contributed by atoms with Gasteiger partial charge in [0, 0.05) is 19.0 Å². The van der Waals surface area contributed by atoms with Crippen LogP contribution in [-0.2, 0) is 16.6 Å². The van der Waals surface area contributed by atoms with Crippen LogP contribution >= 0.6 is 0 Å². The zero-order valence-electron chi connectivity index (χ0n) is 18.4. The number of aliphatic hydroxyl groups excluding tert-OH is 1. The maximum atomic E-state index is 11.8. The normalized spacial score (nSPS) is 18.6. The van der Waals surface area contributed by atoms with E-state index in [0.29, 0.717) is 12.2 Å². The Labute approximate surface area is 187 Å². The van der Waals surface area contributed by atoms with E-state index in [1.807, 2.05) is 18.2 Å². The van der Waals surface area contributed by atoms with Crippen LogP contribution in [0.2, 0.25) is 0 Å². The summed E-state index contributed by atoms with van der Waals surface area (Å²) in [6, 6.07) is 16.5. The van der Waals surface area contributed by atoms with E-state index < -0.39 is 18.2 Å². The van der Waals surface area contributed by atoms with Crippen LogP contribution in [0.15, 0.2) is 60.7 Å². The summed E-state index contributed by atoms with van der Waals surface area (Å²) in [5.41, 5.74) is 6.09. The molecule has 164 valence electrons. The quantitative estimate of drug-likeness (QED) is 0.493. The van der Waals surface area contributed by atoms with Crippen molar-refractivity contribution in [2.75, 3.05) is 0 Å². The number of tetrazole rings is 1. The highest BCUT2D eigenvalue weighted by molar-refractivity contribution is 6.01. The number of cyclic esters (lactones) is 1. The van der Waals surface area contributed by atoms with Crippen LogP contribution in [0, 0.1) is 13.8 Å². The third-order valence-corrected chi connectivity index (χ3v) is 5.41. The lowest BCUT2D eigenvalue weighted by Gasteiger charge is -2.23. The fourth-order valence-electron chi connectivity index (χ4n) is 3.94. The standard InChI is InChI=1S/C25H26N4O3/c1-16-6-4-8-18(12-16)24(19-9-5-7-17(2)13-19)22(25-26-27-28-29(25)3)11-10-21-14-20(30)15-23(31)32-21/h4-13,20-21,30H,14-15H2,1-3H3/t20-,21-/m1/s1. The van der Waals surface area contributed by atoms with Crippen LogP contribution in [0.4, 0.5) is 0 Å². The summed E-state index contributed by atoms with van der Waals surface area (Å²) in [6.07, 6.45) is 2.86. The second-order valence-corrected chi connectivity index (χ2v) is 8.13. The molecule has 0 aliphatic carbocycles. The fraction of sp³-hybridized carbons (Fsp3) is 0.280. The van der Waals surface area contributed by atoms with E-state index in [1.165, 1.54) is 0 Å². The minimum absolute atomic E-state index is 0.0259. The van der Waals surface area contributed by atoms with E-state index in [4.69, 9.17) is 4.74 Å². The molecule has 2 atom stereocenters. The van der Waals surface area contributed by atoms with Crippen molar-refractivity contribution in [3.8, 4) is 0 Å². The monoisotopic (exact) mass is 430 g/mol. The molecule has 0 unspecified atom stereocenters. The molecule has 7 nitrogen and oxygen atoms in total. The highest BCUT2D eigenvalue weighted by Gasteiger charge is 2.26. The molecule has 1 aliphatic heterocycles. The van der Waals surface area contributed by atoms with Crippen molar-refractivity contribution in [3.63, 3.8) is 0 Å². The van der Waals surface area contributed by atoms with Crippen molar-refractivity contribution in [3.05, 3.63) is 88.8 Å². The van der Waals surface area contributed by atoms with E-state index >= 15 is 0 Å². The SMILES string of the molecule is Cc1cccc(C(=C(C=C[C@@H]2C[C@@H](O)CC(=O)O2)c2nnnn2C)c2cccc(C)c2)c1. The van der Waals surface area contributed by atoms with Crippen molar-refractivity contribution >= 4 is 17.1 Å². The number of hydrogen-bond acceptors (Lipinski definition) is 6. The van der Waals surface area contributed by atoms with Gasteiger partial charge in [-0.25, -0.2) is 4.68 Å². The van der Waals surface area contributed by atoms with Gasteiger partial charge >= 0.3 is 5.97 Å². The zero-order valence-corrected chi connectivity index (χ0v) is 18.4. The van der Waals surface area contributed by atoms with E-state index in [9.17, 15) is 9.90 Å². The van der Waals surface area contributed by atoms with Gasteiger partial charge in [0.05, 0.1) is 12.5 Å². The average molecular weight is 431 g/mol. The Morgan fingerprint density at radius 3 is 2.31 bits per heavy atom. The minimum Gasteiger partial charge on any atom is -0.458 e. The van der Waals surface area contributed by atoms with Crippen molar-refractivity contribution in [2.24, 2.45) is 7.05 Å². The maximum Gasteiger partial charge on any atom is 0.309 e. The Kier molecular flexibility index (Phi) is 6.28. The Morgan fingerprint density at radius 2 is 1.78 bits per heavy atom. The van der Waals surface area contributed by atoms with Gasteiger partial charge in [0.1, 0.15) is 6.10 Å². The molecule has 1 fully saturated rings. The number of nitrogens with zero attached hydrogens (tertiary/aromatic N) is 4. The molecule has 32 heavy (non-hydrogen) atoms. The second kappa shape index (κ2) is 9.28. The fourth-order valence-corrected chi connectivity index (χ4v) is 3.94. The Hall–Kier alpha value is -3.58. The van der Waals surface area contributed by atoms with Gasteiger partial charge in [-0.2, -0.15) is 0 Å². The van der Waals surface area contributed by atoms with Crippen molar-refractivity contribution < 1.29 is 14.6 Å². The molecule has 4 rings (SSSR count). The number of benzene rings is 2. The van der Waals surface area contributed by atoms with Crippen LogP contribution in [-0.4, -0.2) is 43.5 Å². The smallest absolute Gasteiger partial charge is 0.309 e. The molecular weight excluding hydrogens is 404 g/mol. The summed E-state index contributed by atoms with van der Waals surface area (Å²) < 4.78 is 7.04. The summed E-state index contributed by atoms with van der Waals surface area (Å²) in [5.74, 6) is 0.184. The molecular formula is C25H26N4O3. The largest absolute Gasteiger partial charge is 0.458 e. The summed E-state index contributed by atoms with van der Waals surface area (Å²) in [7, 11) is 1.79. The van der Waals surface area contributed by atoms with E-state index in [0.717, 1.165) is 33.4 Å². The number of aryl methyl sites for hydroxylation is 3. The number of carbonyl (C=O) groups excluding carboxylic acids is 1. The molecule has 1 saturated heterocycles. The molecule has 2 heterocycles. The van der Waals surface area contributed by atoms with Gasteiger partial charge in [-0.3, -0.25) is 4.79 Å². The Bertz CT molecular complexity index is 1150. The third-order valence-electron chi connectivity index (χ3n) is 5.41. The van der Waals surface area contributed by atoms with Gasteiger partial charge in [0.25, 0.3) is 0 Å². The number of aliphatic hydroxyl groups is 1. The lowest BCUT2D eigenvalue weighted by atomic mass is 9.90. The van der Waals surface area contributed by atoms with Crippen LogP contribution < -0.4 is 0 Å². The first-order chi connectivity index (χ1) is 15.4. The molecule has 3 aromatic rings. The first kappa shape index (κ1) is 21.6. The van der Waals surface area contributed by atoms with Crippen LogP contribution in [0.5, 0.6) is 0 Å². The molecule has 0 radical (unpaired) electrons. The summed E-state index contributed by atoms with van der Waals surface area (Å²) in [4.78, 5) is 11.8. The molecule has 1 N–H and O–H groups in total. The number of allylic oxidation sites excluding steroid dienone is 2. The van der Waals surface area contributed by atoms with Crippen molar-refractivity contribution in [1.82, 2.24) is 20.2 Å². The predicted octanol–water partition coefficient (Wildman–Crippen LogP) is 3.41. The van der Waals surface area contributed by atoms with Gasteiger partial charge in [-0.05, 0) is 47.1 Å². The molecule has 0 bridgehead atoms. The molecule has 1 aliphatic rings. The van der Waals surface area contributed by atoms with Gasteiger partial charge in [-0.1, -0.05) is 65.7 Å². The lowest BCUT2D eigenvalue weighted by Crippen LogP contribution is -2.31. The second-order valence-electron chi connectivity index (χ2n) is 8.13. The van der Waals surface area contributed by atoms with Crippen LogP contribution in [0.3, 0.4) is 0 Å². The minimum atomic E-state index is -0.706. The Balaban J connectivity index is 1.93. The average Bonchev–Trinajstić information content (AvgIpc) is 3.16. The van der Waals surface area contributed by atoms with Gasteiger partial charge in [-0.15, -0.1) is 5.10 Å². The number of esters is 1. The number of carbonyl (C=O) groups is 1. The molecule has 0 amide bonds. The Morgan fingerprint density at radius 1 is 1.12 bits per heavy atom. The van der Waals surface area contributed by atoms with E-state index in [1.54, 1.807) is 17.8 Å². The zero-order chi connectivity index (χ0) is 22.7. The molecule has 7 heteroatoms. The number of ether oxygens (including phenoxy) is 1. The van der Waals surface area contributed by atoms with E-state index in [2.05, 4.69) is 65.8 Å². The number of hydrogen-bond donors (Lipinski definition) is 1. The highest BCUT2D eigenvalue weighted by atomic mass is 16.5.